The summed E-state index contributed by atoms with van der Waals surface area (Å²) in [6, 6.07) is 18.5. The van der Waals surface area contributed by atoms with Gasteiger partial charge in [-0.05, 0) is 12.0 Å². The Morgan fingerprint density at radius 2 is 1.74 bits per heavy atom. The Labute approximate surface area is 205 Å². The standard InChI is InChI=1S/C27H33NO7/c1-3-4-15-22(30)34-25-23(28-18(2)29)27(31-16-19-11-7-5-8-12-19)33-21-17-32-26(35-24(21)25)20-13-9-6-10-14-20/h5-14,21,23-27H,3-4,15-17H2,1-2H3,(H,28,29)/t21-,23-,24+,25-,26+,27+/m0/s1. The molecule has 8 nitrogen and oxygen atoms in total. The van der Waals surface area contributed by atoms with Crippen LogP contribution in [0.2, 0.25) is 0 Å². The van der Waals surface area contributed by atoms with Crippen LogP contribution < -0.4 is 5.32 Å². The van der Waals surface area contributed by atoms with Crippen LogP contribution in [0, 0.1) is 0 Å². The topological polar surface area (TPSA) is 92.3 Å². The van der Waals surface area contributed by atoms with Crippen molar-refractivity contribution in [3.05, 3.63) is 71.8 Å². The van der Waals surface area contributed by atoms with Crippen molar-refractivity contribution < 1.29 is 33.3 Å². The van der Waals surface area contributed by atoms with Gasteiger partial charge in [-0.15, -0.1) is 0 Å². The molecule has 2 aliphatic heterocycles. The molecule has 8 heteroatoms. The van der Waals surface area contributed by atoms with E-state index in [1.54, 1.807) is 0 Å². The van der Waals surface area contributed by atoms with Crippen molar-refractivity contribution in [3.63, 3.8) is 0 Å². The number of carbonyl (C=O) groups excluding carboxylic acids is 2. The summed E-state index contributed by atoms with van der Waals surface area (Å²) in [7, 11) is 0. The molecule has 1 amide bonds. The molecule has 2 aliphatic rings. The zero-order chi connectivity index (χ0) is 24.6. The van der Waals surface area contributed by atoms with Crippen LogP contribution >= 0.6 is 0 Å². The summed E-state index contributed by atoms with van der Waals surface area (Å²) in [5, 5.41) is 2.88. The molecule has 0 saturated carbocycles. The maximum Gasteiger partial charge on any atom is 0.306 e. The maximum absolute atomic E-state index is 12.7. The minimum Gasteiger partial charge on any atom is -0.457 e. The summed E-state index contributed by atoms with van der Waals surface area (Å²) in [6.07, 6.45) is -1.62. The van der Waals surface area contributed by atoms with Gasteiger partial charge >= 0.3 is 5.97 Å². The molecule has 2 fully saturated rings. The largest absolute Gasteiger partial charge is 0.457 e. The van der Waals surface area contributed by atoms with E-state index in [0.717, 1.165) is 17.5 Å². The molecule has 0 bridgehead atoms. The second-order valence-electron chi connectivity index (χ2n) is 8.80. The van der Waals surface area contributed by atoms with Gasteiger partial charge in [0.25, 0.3) is 0 Å². The monoisotopic (exact) mass is 483 g/mol. The highest BCUT2D eigenvalue weighted by Crippen LogP contribution is 2.36. The predicted octanol–water partition coefficient (Wildman–Crippen LogP) is 3.65. The average molecular weight is 484 g/mol. The molecular formula is C27H33NO7. The summed E-state index contributed by atoms with van der Waals surface area (Å²) < 4.78 is 30.5. The van der Waals surface area contributed by atoms with Crippen molar-refractivity contribution in [1.29, 1.82) is 0 Å². The number of hydrogen-bond donors (Lipinski definition) is 1. The Hall–Kier alpha value is -2.78. The molecule has 35 heavy (non-hydrogen) atoms. The number of fused-ring (bicyclic) bond motifs is 1. The highest BCUT2D eigenvalue weighted by atomic mass is 16.8. The Morgan fingerprint density at radius 1 is 1.03 bits per heavy atom. The number of carbonyl (C=O) groups is 2. The van der Waals surface area contributed by atoms with E-state index in [1.807, 2.05) is 67.6 Å². The molecule has 0 aliphatic carbocycles. The molecule has 6 atom stereocenters. The molecule has 188 valence electrons. The third-order valence-corrected chi connectivity index (χ3v) is 6.04. The Morgan fingerprint density at radius 3 is 2.43 bits per heavy atom. The third kappa shape index (κ3) is 6.67. The van der Waals surface area contributed by atoms with Crippen LogP contribution in [0.5, 0.6) is 0 Å². The summed E-state index contributed by atoms with van der Waals surface area (Å²) in [6.45, 7) is 3.92. The van der Waals surface area contributed by atoms with Gasteiger partial charge in [0.1, 0.15) is 18.2 Å². The fourth-order valence-corrected chi connectivity index (χ4v) is 4.31. The molecule has 1 N–H and O–H groups in total. The summed E-state index contributed by atoms with van der Waals surface area (Å²) in [5.41, 5.74) is 1.80. The van der Waals surface area contributed by atoms with Crippen LogP contribution in [0.4, 0.5) is 0 Å². The Kier molecular flexibility index (Phi) is 8.87. The smallest absolute Gasteiger partial charge is 0.306 e. The second kappa shape index (κ2) is 12.3. The molecule has 2 aromatic carbocycles. The number of rotatable bonds is 9. The van der Waals surface area contributed by atoms with Crippen molar-refractivity contribution in [3.8, 4) is 0 Å². The fraction of sp³-hybridized carbons (Fsp3) is 0.481. The lowest BCUT2D eigenvalue weighted by atomic mass is 9.95. The SMILES string of the molecule is CCCCC(=O)O[C@H]1[C@H](NC(C)=O)[C@H](OCc2ccccc2)O[C@H]2CO[C@@H](c3ccccc3)O[C@@H]12. The van der Waals surface area contributed by atoms with Gasteiger partial charge < -0.3 is 29.0 Å². The van der Waals surface area contributed by atoms with Gasteiger partial charge in [0.2, 0.25) is 5.91 Å². The van der Waals surface area contributed by atoms with Crippen LogP contribution in [-0.4, -0.2) is 49.1 Å². The quantitative estimate of drug-likeness (QED) is 0.544. The van der Waals surface area contributed by atoms with Crippen molar-refractivity contribution in [2.75, 3.05) is 6.61 Å². The molecule has 0 aromatic heterocycles. The average Bonchev–Trinajstić information content (AvgIpc) is 2.88. The first-order valence-electron chi connectivity index (χ1n) is 12.1. The third-order valence-electron chi connectivity index (χ3n) is 6.04. The number of hydrogen-bond acceptors (Lipinski definition) is 7. The number of nitrogens with one attached hydrogen (secondary N) is 1. The van der Waals surface area contributed by atoms with E-state index in [9.17, 15) is 9.59 Å². The van der Waals surface area contributed by atoms with Crippen molar-refractivity contribution in [2.45, 2.75) is 76.7 Å². The number of unbranched alkanes of at least 4 members (excludes halogenated alkanes) is 1. The molecule has 2 heterocycles. The van der Waals surface area contributed by atoms with Gasteiger partial charge in [0, 0.05) is 18.9 Å². The van der Waals surface area contributed by atoms with Crippen molar-refractivity contribution in [2.24, 2.45) is 0 Å². The van der Waals surface area contributed by atoms with Gasteiger partial charge in [0.15, 0.2) is 18.7 Å². The van der Waals surface area contributed by atoms with Crippen LogP contribution in [0.3, 0.4) is 0 Å². The summed E-state index contributed by atoms with van der Waals surface area (Å²) in [5.74, 6) is -0.632. The van der Waals surface area contributed by atoms with Gasteiger partial charge in [-0.3, -0.25) is 9.59 Å². The van der Waals surface area contributed by atoms with Crippen molar-refractivity contribution >= 4 is 11.9 Å². The lowest BCUT2D eigenvalue weighted by Crippen LogP contribution is -2.67. The van der Waals surface area contributed by atoms with Crippen molar-refractivity contribution in [1.82, 2.24) is 5.32 Å². The lowest BCUT2D eigenvalue weighted by molar-refractivity contribution is -0.346. The molecular weight excluding hydrogens is 450 g/mol. The number of benzene rings is 2. The molecule has 2 aromatic rings. The number of amides is 1. The van der Waals surface area contributed by atoms with Crippen LogP contribution in [0.1, 0.15) is 50.5 Å². The first kappa shape index (κ1) is 25.3. The second-order valence-corrected chi connectivity index (χ2v) is 8.80. The predicted molar refractivity (Wildman–Crippen MR) is 127 cm³/mol. The molecule has 0 spiro atoms. The van der Waals surface area contributed by atoms with E-state index in [-0.39, 0.29) is 31.5 Å². The van der Waals surface area contributed by atoms with E-state index in [0.29, 0.717) is 6.42 Å². The normalized spacial score (nSPS) is 28.1. The highest BCUT2D eigenvalue weighted by Gasteiger charge is 2.52. The van der Waals surface area contributed by atoms with E-state index in [2.05, 4.69) is 5.32 Å². The van der Waals surface area contributed by atoms with E-state index in [4.69, 9.17) is 23.7 Å². The van der Waals surface area contributed by atoms with E-state index in [1.165, 1.54) is 6.92 Å². The van der Waals surface area contributed by atoms with Crippen LogP contribution in [0.15, 0.2) is 60.7 Å². The fourth-order valence-electron chi connectivity index (χ4n) is 4.31. The Balaban J connectivity index is 1.57. The zero-order valence-electron chi connectivity index (χ0n) is 20.1. The molecule has 4 rings (SSSR count). The van der Waals surface area contributed by atoms with E-state index < -0.39 is 36.9 Å². The summed E-state index contributed by atoms with van der Waals surface area (Å²) in [4.78, 5) is 24.9. The van der Waals surface area contributed by atoms with Gasteiger partial charge in [-0.25, -0.2) is 0 Å². The number of ether oxygens (including phenoxy) is 5. The Bertz CT molecular complexity index is 955. The molecule has 0 unspecified atom stereocenters. The van der Waals surface area contributed by atoms with Gasteiger partial charge in [0.05, 0.1) is 13.2 Å². The summed E-state index contributed by atoms with van der Waals surface area (Å²) >= 11 is 0. The van der Waals surface area contributed by atoms with Gasteiger partial charge in [-0.1, -0.05) is 74.0 Å². The van der Waals surface area contributed by atoms with Crippen LogP contribution in [-0.2, 0) is 39.9 Å². The number of esters is 1. The lowest BCUT2D eigenvalue weighted by Gasteiger charge is -2.48. The van der Waals surface area contributed by atoms with Crippen LogP contribution in [0.25, 0.3) is 0 Å². The molecule has 0 radical (unpaired) electrons. The zero-order valence-corrected chi connectivity index (χ0v) is 20.1. The molecule has 2 saturated heterocycles. The first-order valence-corrected chi connectivity index (χ1v) is 12.1. The first-order chi connectivity index (χ1) is 17.0. The maximum atomic E-state index is 12.7. The minimum atomic E-state index is -0.857. The van der Waals surface area contributed by atoms with E-state index >= 15 is 0 Å². The highest BCUT2D eigenvalue weighted by molar-refractivity contribution is 5.73. The van der Waals surface area contributed by atoms with Gasteiger partial charge in [-0.2, -0.15) is 0 Å². The minimum absolute atomic E-state index is 0.227.